The lowest BCUT2D eigenvalue weighted by atomic mass is 9.88. The molecule has 100 valence electrons. The van der Waals surface area contributed by atoms with Crippen molar-refractivity contribution in [3.05, 3.63) is 19.9 Å². The Morgan fingerprint density at radius 1 is 1.44 bits per heavy atom. The molecule has 0 spiro atoms. The third-order valence-electron chi connectivity index (χ3n) is 3.81. The highest BCUT2D eigenvalue weighted by atomic mass is 127. The second-order valence-electron chi connectivity index (χ2n) is 4.86. The molecule has 2 aliphatic rings. The monoisotopic (exact) mass is 398 g/mol. The summed E-state index contributed by atoms with van der Waals surface area (Å²) in [6.45, 7) is 4.08. The first kappa shape index (κ1) is 14.6. The maximum atomic E-state index is 12.3. The van der Waals surface area contributed by atoms with E-state index in [-0.39, 0.29) is 18.3 Å². The average molecular weight is 399 g/mol. The number of thiophene rings is 1. The van der Waals surface area contributed by atoms with Crippen molar-refractivity contribution in [2.45, 2.75) is 6.42 Å². The quantitative estimate of drug-likeness (QED) is 0.737. The molecular formula is C12H16ClIN2OS. The van der Waals surface area contributed by atoms with Gasteiger partial charge in [0.15, 0.2) is 0 Å². The van der Waals surface area contributed by atoms with Crippen LogP contribution >= 0.6 is 46.3 Å². The lowest BCUT2D eigenvalue weighted by molar-refractivity contribution is 0.0643. The summed E-state index contributed by atoms with van der Waals surface area (Å²) in [7, 11) is 0. The summed E-state index contributed by atoms with van der Waals surface area (Å²) in [5, 5.41) is 5.41. The van der Waals surface area contributed by atoms with Crippen LogP contribution < -0.4 is 5.32 Å². The van der Waals surface area contributed by atoms with Gasteiger partial charge in [0, 0.05) is 18.5 Å². The van der Waals surface area contributed by atoms with Crippen LogP contribution in [0.5, 0.6) is 0 Å². The zero-order chi connectivity index (χ0) is 11.8. The Hall–Kier alpha value is 0.150. The maximum Gasteiger partial charge on any atom is 0.254 e. The van der Waals surface area contributed by atoms with Gasteiger partial charge in [-0.1, -0.05) is 0 Å². The summed E-state index contributed by atoms with van der Waals surface area (Å²) in [5.41, 5.74) is 0.865. The van der Waals surface area contributed by atoms with Crippen LogP contribution in [-0.2, 0) is 0 Å². The number of amides is 1. The van der Waals surface area contributed by atoms with Crippen molar-refractivity contribution in [3.63, 3.8) is 0 Å². The second kappa shape index (κ2) is 6.07. The van der Waals surface area contributed by atoms with E-state index in [4.69, 9.17) is 0 Å². The highest BCUT2D eigenvalue weighted by Gasteiger charge is 2.34. The minimum atomic E-state index is 0. The van der Waals surface area contributed by atoms with Gasteiger partial charge in [-0.25, -0.2) is 0 Å². The minimum absolute atomic E-state index is 0. The molecule has 3 rings (SSSR count). The summed E-state index contributed by atoms with van der Waals surface area (Å²) < 4.78 is 1.18. The van der Waals surface area contributed by atoms with Crippen LogP contribution in [0.1, 0.15) is 16.8 Å². The normalized spacial score (nSPS) is 26.6. The Kier molecular flexibility index (Phi) is 4.91. The van der Waals surface area contributed by atoms with Crippen molar-refractivity contribution in [3.8, 4) is 0 Å². The van der Waals surface area contributed by atoms with Gasteiger partial charge >= 0.3 is 0 Å². The molecule has 18 heavy (non-hydrogen) atoms. The number of nitrogens with one attached hydrogen (secondary N) is 1. The topological polar surface area (TPSA) is 32.3 Å². The maximum absolute atomic E-state index is 12.3. The molecule has 0 saturated carbocycles. The third-order valence-corrected chi connectivity index (χ3v) is 5.60. The lowest BCUT2D eigenvalue weighted by Crippen LogP contribution is -2.43. The van der Waals surface area contributed by atoms with E-state index in [1.54, 1.807) is 11.3 Å². The van der Waals surface area contributed by atoms with Gasteiger partial charge in [-0.3, -0.25) is 4.79 Å². The molecule has 0 radical (unpaired) electrons. The van der Waals surface area contributed by atoms with E-state index < -0.39 is 0 Å². The van der Waals surface area contributed by atoms with Gasteiger partial charge in [0.25, 0.3) is 5.91 Å². The Morgan fingerprint density at radius 3 is 2.94 bits per heavy atom. The van der Waals surface area contributed by atoms with Crippen LogP contribution in [0.25, 0.3) is 0 Å². The van der Waals surface area contributed by atoms with Gasteiger partial charge in [-0.15, -0.1) is 23.7 Å². The van der Waals surface area contributed by atoms with Gasteiger partial charge in [-0.2, -0.15) is 0 Å². The summed E-state index contributed by atoms with van der Waals surface area (Å²) in [4.78, 5) is 14.3. The molecule has 0 bridgehead atoms. The van der Waals surface area contributed by atoms with Crippen LogP contribution in [-0.4, -0.2) is 37.0 Å². The third kappa shape index (κ3) is 2.84. The highest BCUT2D eigenvalue weighted by molar-refractivity contribution is 14.1. The van der Waals surface area contributed by atoms with E-state index in [2.05, 4.69) is 27.9 Å². The molecule has 2 aliphatic heterocycles. The first-order valence-electron chi connectivity index (χ1n) is 5.98. The summed E-state index contributed by atoms with van der Waals surface area (Å²) in [5.74, 6) is 1.68. The Bertz CT molecular complexity index is 439. The van der Waals surface area contributed by atoms with E-state index in [9.17, 15) is 4.79 Å². The van der Waals surface area contributed by atoms with E-state index in [0.717, 1.165) is 44.1 Å². The van der Waals surface area contributed by atoms with Crippen LogP contribution in [0.3, 0.4) is 0 Å². The molecule has 1 amide bonds. The highest BCUT2D eigenvalue weighted by Crippen LogP contribution is 2.28. The second-order valence-corrected chi connectivity index (χ2v) is 7.66. The fourth-order valence-corrected chi connectivity index (χ4v) is 4.14. The van der Waals surface area contributed by atoms with Crippen molar-refractivity contribution < 1.29 is 4.79 Å². The number of piperidine rings is 1. The molecule has 2 fully saturated rings. The van der Waals surface area contributed by atoms with E-state index in [0.29, 0.717) is 5.92 Å². The lowest BCUT2D eigenvalue weighted by Gasteiger charge is -2.34. The molecule has 1 aromatic heterocycles. The number of fused-ring (bicyclic) bond motifs is 1. The summed E-state index contributed by atoms with van der Waals surface area (Å²) in [6.07, 6.45) is 1.16. The number of hydrogen-bond acceptors (Lipinski definition) is 3. The first-order valence-corrected chi connectivity index (χ1v) is 7.94. The Morgan fingerprint density at radius 2 is 2.22 bits per heavy atom. The first-order chi connectivity index (χ1) is 8.24. The van der Waals surface area contributed by atoms with Crippen molar-refractivity contribution >= 4 is 52.2 Å². The van der Waals surface area contributed by atoms with Crippen LogP contribution in [0.4, 0.5) is 0 Å². The number of carbonyl (C=O) groups is 1. The van der Waals surface area contributed by atoms with Crippen LogP contribution in [0.2, 0.25) is 0 Å². The number of rotatable bonds is 1. The Labute approximate surface area is 131 Å². The SMILES string of the molecule is Cl.O=C(c1csc(I)c1)N1CCC2CNCC2C1. The number of carbonyl (C=O) groups excluding carboxylic acids is 1. The summed E-state index contributed by atoms with van der Waals surface area (Å²) >= 11 is 3.91. The molecular weight excluding hydrogens is 383 g/mol. The van der Waals surface area contributed by atoms with Crippen molar-refractivity contribution in [2.75, 3.05) is 26.2 Å². The Balaban J connectivity index is 0.00000120. The van der Waals surface area contributed by atoms with E-state index in [1.807, 2.05) is 16.3 Å². The molecule has 2 saturated heterocycles. The molecule has 2 unspecified atom stereocenters. The standard InChI is InChI=1S/C12H15IN2OS.ClH/c13-11-3-9(7-17-11)12(16)15-2-1-8-4-14-5-10(8)6-15;/h3,7-8,10,14H,1-2,4-6H2;1H. The van der Waals surface area contributed by atoms with Crippen molar-refractivity contribution in [1.29, 1.82) is 0 Å². The number of halogens is 2. The van der Waals surface area contributed by atoms with Gasteiger partial charge in [0.1, 0.15) is 0 Å². The van der Waals surface area contributed by atoms with Gasteiger partial charge in [0.05, 0.1) is 8.45 Å². The number of hydrogen-bond donors (Lipinski definition) is 1. The molecule has 6 heteroatoms. The van der Waals surface area contributed by atoms with Gasteiger partial charge in [-0.05, 0) is 60.0 Å². The zero-order valence-electron chi connectivity index (χ0n) is 9.89. The van der Waals surface area contributed by atoms with Crippen molar-refractivity contribution in [1.82, 2.24) is 10.2 Å². The largest absolute Gasteiger partial charge is 0.338 e. The number of likely N-dealkylation sites (tertiary alicyclic amines) is 1. The van der Waals surface area contributed by atoms with E-state index in [1.165, 1.54) is 2.88 Å². The molecule has 3 nitrogen and oxygen atoms in total. The molecule has 3 heterocycles. The summed E-state index contributed by atoms with van der Waals surface area (Å²) in [6, 6.07) is 1.99. The molecule has 1 N–H and O–H groups in total. The fraction of sp³-hybridized carbons (Fsp3) is 0.583. The van der Waals surface area contributed by atoms with Crippen molar-refractivity contribution in [2.24, 2.45) is 11.8 Å². The minimum Gasteiger partial charge on any atom is -0.338 e. The van der Waals surface area contributed by atoms with Gasteiger partial charge < -0.3 is 10.2 Å². The molecule has 0 aliphatic carbocycles. The predicted molar refractivity (Wildman–Crippen MR) is 84.7 cm³/mol. The van der Waals surface area contributed by atoms with Crippen LogP contribution in [0.15, 0.2) is 11.4 Å². The average Bonchev–Trinajstić information content (AvgIpc) is 2.95. The molecule has 1 aromatic rings. The zero-order valence-corrected chi connectivity index (χ0v) is 13.7. The van der Waals surface area contributed by atoms with Gasteiger partial charge in [0.2, 0.25) is 0 Å². The van der Waals surface area contributed by atoms with E-state index >= 15 is 0 Å². The smallest absolute Gasteiger partial charge is 0.254 e. The predicted octanol–water partition coefficient (Wildman–Crippen LogP) is 2.46. The molecule has 0 aromatic carbocycles. The molecule has 2 atom stereocenters. The van der Waals surface area contributed by atoms with Crippen LogP contribution in [0, 0.1) is 14.7 Å². The number of nitrogens with zero attached hydrogens (tertiary/aromatic N) is 1. The fourth-order valence-electron chi connectivity index (χ4n) is 2.82.